The van der Waals surface area contributed by atoms with Crippen LogP contribution in [0.15, 0.2) is 46.0 Å². The van der Waals surface area contributed by atoms with Crippen molar-refractivity contribution in [2.24, 2.45) is 0 Å². The van der Waals surface area contributed by atoms with Crippen LogP contribution in [0.2, 0.25) is 0 Å². The van der Waals surface area contributed by atoms with Gasteiger partial charge in [-0.25, -0.2) is 0 Å². The lowest BCUT2D eigenvalue weighted by Gasteiger charge is -2.16. The standard InChI is InChI=1S/C16H19NO2S2/c1-3-21-15-7-5-4-6-13(15)16(18)17-10-14(19-2)12-8-9-20-11-12/h4-9,11,14H,3,10H2,1-2H3,(H,17,18). The summed E-state index contributed by atoms with van der Waals surface area (Å²) < 4.78 is 5.45. The highest BCUT2D eigenvalue weighted by Gasteiger charge is 2.15. The Morgan fingerprint density at radius 2 is 2.19 bits per heavy atom. The molecule has 0 aliphatic rings. The minimum absolute atomic E-state index is 0.0520. The molecule has 0 aliphatic heterocycles. The van der Waals surface area contributed by atoms with Gasteiger partial charge in [-0.1, -0.05) is 19.1 Å². The van der Waals surface area contributed by atoms with Gasteiger partial charge < -0.3 is 10.1 Å². The fraction of sp³-hybridized carbons (Fsp3) is 0.312. The van der Waals surface area contributed by atoms with Crippen molar-refractivity contribution < 1.29 is 9.53 Å². The third-order valence-corrected chi connectivity index (χ3v) is 4.74. The molecule has 2 rings (SSSR count). The maximum absolute atomic E-state index is 12.4. The fourth-order valence-corrected chi connectivity index (χ4v) is 3.52. The second kappa shape index (κ2) is 8.22. The van der Waals surface area contributed by atoms with Crippen molar-refractivity contribution in [1.29, 1.82) is 0 Å². The molecule has 1 amide bonds. The summed E-state index contributed by atoms with van der Waals surface area (Å²) in [5.74, 6) is 0.892. The lowest BCUT2D eigenvalue weighted by Crippen LogP contribution is -2.29. The summed E-state index contributed by atoms with van der Waals surface area (Å²) in [6.45, 7) is 2.55. The summed E-state index contributed by atoms with van der Waals surface area (Å²) in [6.07, 6.45) is -0.105. The lowest BCUT2D eigenvalue weighted by molar-refractivity contribution is 0.0827. The largest absolute Gasteiger partial charge is 0.375 e. The van der Waals surface area contributed by atoms with Crippen LogP contribution >= 0.6 is 23.1 Å². The molecule has 1 aromatic carbocycles. The molecule has 0 bridgehead atoms. The molecule has 0 radical (unpaired) electrons. The van der Waals surface area contributed by atoms with E-state index in [1.165, 1.54) is 0 Å². The number of thiophene rings is 1. The van der Waals surface area contributed by atoms with Gasteiger partial charge in [-0.15, -0.1) is 11.8 Å². The molecule has 0 spiro atoms. The van der Waals surface area contributed by atoms with E-state index in [-0.39, 0.29) is 12.0 Å². The van der Waals surface area contributed by atoms with E-state index in [9.17, 15) is 4.79 Å². The van der Waals surface area contributed by atoms with Crippen molar-refractivity contribution in [2.45, 2.75) is 17.9 Å². The van der Waals surface area contributed by atoms with Crippen molar-refractivity contribution in [1.82, 2.24) is 5.32 Å². The summed E-state index contributed by atoms with van der Waals surface area (Å²) in [5, 5.41) is 7.02. The zero-order valence-electron chi connectivity index (χ0n) is 12.2. The van der Waals surface area contributed by atoms with Crippen LogP contribution in [0.25, 0.3) is 0 Å². The molecule has 1 atom stereocenters. The van der Waals surface area contributed by atoms with Gasteiger partial charge in [0.15, 0.2) is 0 Å². The maximum atomic E-state index is 12.4. The van der Waals surface area contributed by atoms with E-state index in [1.54, 1.807) is 30.2 Å². The van der Waals surface area contributed by atoms with Gasteiger partial charge in [0.25, 0.3) is 5.91 Å². The van der Waals surface area contributed by atoms with E-state index >= 15 is 0 Å². The lowest BCUT2D eigenvalue weighted by atomic mass is 10.1. The number of carbonyl (C=O) groups excluding carboxylic acids is 1. The molecule has 0 saturated carbocycles. The third kappa shape index (κ3) is 4.33. The number of thioether (sulfide) groups is 1. The molecule has 21 heavy (non-hydrogen) atoms. The predicted molar refractivity (Wildman–Crippen MR) is 89.2 cm³/mol. The van der Waals surface area contributed by atoms with E-state index < -0.39 is 0 Å². The number of benzene rings is 1. The van der Waals surface area contributed by atoms with Crippen molar-refractivity contribution in [3.63, 3.8) is 0 Å². The minimum Gasteiger partial charge on any atom is -0.375 e. The highest BCUT2D eigenvalue weighted by molar-refractivity contribution is 7.99. The Hall–Kier alpha value is -1.30. The van der Waals surface area contributed by atoms with Crippen molar-refractivity contribution in [3.8, 4) is 0 Å². The summed E-state index contributed by atoms with van der Waals surface area (Å²) in [5.41, 5.74) is 1.82. The Morgan fingerprint density at radius 3 is 2.86 bits per heavy atom. The molecule has 1 N–H and O–H groups in total. The van der Waals surface area contributed by atoms with Gasteiger partial charge in [0.2, 0.25) is 0 Å². The molecule has 2 aromatic rings. The predicted octanol–water partition coefficient (Wildman–Crippen LogP) is 3.98. The molecule has 1 unspecified atom stereocenters. The van der Waals surface area contributed by atoms with Crippen molar-refractivity contribution >= 4 is 29.0 Å². The van der Waals surface area contributed by atoms with E-state index in [0.29, 0.717) is 6.54 Å². The first-order chi connectivity index (χ1) is 10.3. The van der Waals surface area contributed by atoms with Gasteiger partial charge in [-0.2, -0.15) is 11.3 Å². The number of hydrogen-bond donors (Lipinski definition) is 1. The molecule has 5 heteroatoms. The Bertz CT molecular complexity index is 569. The molecule has 1 aromatic heterocycles. The molecule has 0 fully saturated rings. The molecule has 112 valence electrons. The maximum Gasteiger partial charge on any atom is 0.252 e. The molecule has 3 nitrogen and oxygen atoms in total. The highest BCUT2D eigenvalue weighted by atomic mass is 32.2. The number of nitrogens with one attached hydrogen (secondary N) is 1. The monoisotopic (exact) mass is 321 g/mol. The van der Waals surface area contributed by atoms with Gasteiger partial charge >= 0.3 is 0 Å². The zero-order valence-corrected chi connectivity index (χ0v) is 13.8. The van der Waals surface area contributed by atoms with Crippen LogP contribution in [0.1, 0.15) is 28.9 Å². The van der Waals surface area contributed by atoms with E-state index in [1.807, 2.05) is 41.1 Å². The molecular weight excluding hydrogens is 302 g/mol. The number of hydrogen-bond acceptors (Lipinski definition) is 4. The Labute approximate surface area is 133 Å². The Balaban J connectivity index is 2.01. The average Bonchev–Trinajstić information content (AvgIpc) is 3.03. The highest BCUT2D eigenvalue weighted by Crippen LogP contribution is 2.23. The Morgan fingerprint density at radius 1 is 1.38 bits per heavy atom. The number of amides is 1. The normalized spacial score (nSPS) is 12.1. The van der Waals surface area contributed by atoms with Crippen LogP contribution in [0.5, 0.6) is 0 Å². The number of carbonyl (C=O) groups is 1. The first kappa shape index (κ1) is 16.1. The fourth-order valence-electron chi connectivity index (χ4n) is 2.01. The molecule has 0 aliphatic carbocycles. The van der Waals surface area contributed by atoms with E-state index in [4.69, 9.17) is 4.74 Å². The van der Waals surface area contributed by atoms with Gasteiger partial charge in [0, 0.05) is 18.6 Å². The topological polar surface area (TPSA) is 38.3 Å². The average molecular weight is 321 g/mol. The minimum atomic E-state index is -0.105. The third-order valence-electron chi connectivity index (χ3n) is 3.08. The van der Waals surface area contributed by atoms with Gasteiger partial charge in [-0.3, -0.25) is 4.79 Å². The summed E-state index contributed by atoms with van der Waals surface area (Å²) in [4.78, 5) is 13.4. The first-order valence-corrected chi connectivity index (χ1v) is 8.74. The quantitative estimate of drug-likeness (QED) is 0.784. The zero-order chi connectivity index (χ0) is 15.1. The van der Waals surface area contributed by atoms with Crippen molar-refractivity contribution in [3.05, 3.63) is 52.2 Å². The Kier molecular flexibility index (Phi) is 6.29. The van der Waals surface area contributed by atoms with Gasteiger partial charge in [0.05, 0.1) is 5.56 Å². The van der Waals surface area contributed by atoms with Crippen LogP contribution in [0.4, 0.5) is 0 Å². The van der Waals surface area contributed by atoms with Crippen LogP contribution in [-0.4, -0.2) is 25.3 Å². The number of rotatable bonds is 7. The van der Waals surface area contributed by atoms with E-state index in [0.717, 1.165) is 21.8 Å². The van der Waals surface area contributed by atoms with Crippen molar-refractivity contribution in [2.75, 3.05) is 19.4 Å². The first-order valence-electron chi connectivity index (χ1n) is 6.81. The second-order valence-corrected chi connectivity index (χ2v) is 6.51. The second-order valence-electron chi connectivity index (χ2n) is 4.42. The smallest absolute Gasteiger partial charge is 0.252 e. The van der Waals surface area contributed by atoms with E-state index in [2.05, 4.69) is 12.2 Å². The van der Waals surface area contributed by atoms with Gasteiger partial charge in [0.1, 0.15) is 6.10 Å². The number of methoxy groups -OCH3 is 1. The van der Waals surface area contributed by atoms with Gasteiger partial charge in [-0.05, 0) is 40.3 Å². The van der Waals surface area contributed by atoms with Crippen LogP contribution in [0, 0.1) is 0 Å². The molecule has 1 heterocycles. The SMILES string of the molecule is CCSc1ccccc1C(=O)NCC(OC)c1ccsc1. The molecule has 0 saturated heterocycles. The molecular formula is C16H19NO2S2. The van der Waals surface area contributed by atoms with Crippen LogP contribution in [0.3, 0.4) is 0 Å². The van der Waals surface area contributed by atoms with Crippen LogP contribution < -0.4 is 5.32 Å². The van der Waals surface area contributed by atoms with Crippen LogP contribution in [-0.2, 0) is 4.74 Å². The number of ether oxygens (including phenoxy) is 1. The summed E-state index contributed by atoms with van der Waals surface area (Å²) in [6, 6.07) is 9.71. The summed E-state index contributed by atoms with van der Waals surface area (Å²) in [7, 11) is 1.66. The summed E-state index contributed by atoms with van der Waals surface area (Å²) >= 11 is 3.30.